The Morgan fingerprint density at radius 1 is 1.05 bits per heavy atom. The van der Waals surface area contributed by atoms with Crippen molar-refractivity contribution in [2.45, 2.75) is 32.3 Å². The molecule has 0 aliphatic carbocycles. The highest BCUT2D eigenvalue weighted by molar-refractivity contribution is 5.33. The summed E-state index contributed by atoms with van der Waals surface area (Å²) in [4.78, 5) is 0. The third-order valence-corrected chi connectivity index (χ3v) is 3.53. The quantitative estimate of drug-likeness (QED) is 0.870. The summed E-state index contributed by atoms with van der Waals surface area (Å²) in [6.45, 7) is 2.08. The van der Waals surface area contributed by atoms with E-state index in [-0.39, 0.29) is 6.10 Å². The Bertz CT molecular complexity index is 531. The highest BCUT2D eigenvalue weighted by Gasteiger charge is 2.09. The third-order valence-electron chi connectivity index (χ3n) is 3.53. The molecule has 2 heteroatoms. The highest BCUT2D eigenvalue weighted by Crippen LogP contribution is 2.20. The molecule has 2 aromatic carbocycles. The van der Waals surface area contributed by atoms with Gasteiger partial charge in [0.05, 0.1) is 13.2 Å². The van der Waals surface area contributed by atoms with Gasteiger partial charge in [0.15, 0.2) is 0 Å². The molecule has 0 spiro atoms. The third kappa shape index (κ3) is 4.10. The van der Waals surface area contributed by atoms with Gasteiger partial charge in [-0.1, -0.05) is 48.0 Å². The number of aliphatic hydroxyl groups excluding tert-OH is 1. The summed E-state index contributed by atoms with van der Waals surface area (Å²) < 4.78 is 5.31. The number of hydrogen-bond acceptors (Lipinski definition) is 2. The van der Waals surface area contributed by atoms with E-state index in [0.29, 0.717) is 6.42 Å². The molecule has 0 heterocycles. The average Bonchev–Trinajstić information content (AvgIpc) is 2.47. The summed E-state index contributed by atoms with van der Waals surface area (Å²) in [5.74, 6) is 0.849. The minimum atomic E-state index is -0.340. The summed E-state index contributed by atoms with van der Waals surface area (Å²) in [6.07, 6.45) is 1.96. The van der Waals surface area contributed by atoms with Gasteiger partial charge in [-0.05, 0) is 37.0 Å². The maximum atomic E-state index is 10.2. The lowest BCUT2D eigenvalue weighted by molar-refractivity contribution is 0.164. The first-order chi connectivity index (χ1) is 9.69. The van der Waals surface area contributed by atoms with Crippen molar-refractivity contribution >= 4 is 0 Å². The first-order valence-electron chi connectivity index (χ1n) is 7.04. The summed E-state index contributed by atoms with van der Waals surface area (Å²) in [5.41, 5.74) is 3.60. The number of aliphatic hydroxyl groups is 1. The zero-order valence-corrected chi connectivity index (χ0v) is 12.2. The fourth-order valence-corrected chi connectivity index (χ4v) is 2.32. The Morgan fingerprint density at radius 2 is 1.75 bits per heavy atom. The van der Waals surface area contributed by atoms with Crippen molar-refractivity contribution in [3.05, 3.63) is 65.2 Å². The van der Waals surface area contributed by atoms with Gasteiger partial charge in [0.25, 0.3) is 0 Å². The molecule has 0 radical (unpaired) electrons. The fourth-order valence-electron chi connectivity index (χ4n) is 2.32. The van der Waals surface area contributed by atoms with E-state index in [1.54, 1.807) is 7.11 Å². The molecule has 0 amide bonds. The van der Waals surface area contributed by atoms with E-state index in [1.807, 2.05) is 24.3 Å². The molecule has 0 saturated heterocycles. The maximum absolute atomic E-state index is 10.2. The molecule has 0 aliphatic rings. The predicted molar refractivity (Wildman–Crippen MR) is 82.2 cm³/mol. The molecule has 2 aromatic rings. The van der Waals surface area contributed by atoms with Crippen LogP contribution in [0.1, 0.15) is 23.1 Å². The maximum Gasteiger partial charge on any atom is 0.122 e. The lowest BCUT2D eigenvalue weighted by atomic mass is 10.0. The van der Waals surface area contributed by atoms with Gasteiger partial charge in [0.2, 0.25) is 0 Å². The Kier molecular flexibility index (Phi) is 5.19. The van der Waals surface area contributed by atoms with E-state index in [4.69, 9.17) is 4.74 Å². The van der Waals surface area contributed by atoms with Crippen molar-refractivity contribution in [3.63, 3.8) is 0 Å². The van der Waals surface area contributed by atoms with Crippen molar-refractivity contribution in [1.82, 2.24) is 0 Å². The molecule has 2 nitrogen and oxygen atoms in total. The smallest absolute Gasteiger partial charge is 0.122 e. The monoisotopic (exact) mass is 270 g/mol. The Hall–Kier alpha value is -1.80. The molecule has 20 heavy (non-hydrogen) atoms. The Morgan fingerprint density at radius 3 is 2.45 bits per heavy atom. The molecule has 0 fully saturated rings. The Balaban J connectivity index is 1.89. The van der Waals surface area contributed by atoms with E-state index in [0.717, 1.165) is 24.2 Å². The topological polar surface area (TPSA) is 29.5 Å². The van der Waals surface area contributed by atoms with Crippen LogP contribution in [0.4, 0.5) is 0 Å². The van der Waals surface area contributed by atoms with Crippen molar-refractivity contribution in [2.24, 2.45) is 0 Å². The molecule has 0 aromatic heterocycles. The minimum Gasteiger partial charge on any atom is -0.496 e. The van der Waals surface area contributed by atoms with E-state index >= 15 is 0 Å². The molecule has 1 N–H and O–H groups in total. The largest absolute Gasteiger partial charge is 0.496 e. The van der Waals surface area contributed by atoms with Crippen LogP contribution in [0, 0.1) is 6.92 Å². The van der Waals surface area contributed by atoms with Crippen LogP contribution in [0.2, 0.25) is 0 Å². The molecule has 0 aliphatic heterocycles. The van der Waals surface area contributed by atoms with Gasteiger partial charge in [0.1, 0.15) is 5.75 Å². The van der Waals surface area contributed by atoms with E-state index in [2.05, 4.69) is 31.2 Å². The van der Waals surface area contributed by atoms with Gasteiger partial charge in [-0.2, -0.15) is 0 Å². The highest BCUT2D eigenvalue weighted by atomic mass is 16.5. The second kappa shape index (κ2) is 7.11. The van der Waals surface area contributed by atoms with Gasteiger partial charge in [-0.15, -0.1) is 0 Å². The lowest BCUT2D eigenvalue weighted by Crippen LogP contribution is -2.12. The number of benzene rings is 2. The molecular weight excluding hydrogens is 248 g/mol. The van der Waals surface area contributed by atoms with E-state index in [1.165, 1.54) is 11.1 Å². The minimum absolute atomic E-state index is 0.340. The van der Waals surface area contributed by atoms with Crippen molar-refractivity contribution in [2.75, 3.05) is 7.11 Å². The zero-order valence-electron chi connectivity index (χ0n) is 12.2. The normalized spacial score (nSPS) is 12.2. The summed E-state index contributed by atoms with van der Waals surface area (Å²) in [7, 11) is 1.66. The second-order valence-electron chi connectivity index (χ2n) is 5.19. The van der Waals surface area contributed by atoms with Gasteiger partial charge in [0, 0.05) is 6.42 Å². The predicted octanol–water partition coefficient (Wildman–Crippen LogP) is 3.54. The SMILES string of the molecule is COc1ccccc1CC(O)CCc1ccc(C)cc1. The first-order valence-corrected chi connectivity index (χ1v) is 7.04. The number of aryl methyl sites for hydroxylation is 2. The molecular formula is C18H22O2. The average molecular weight is 270 g/mol. The van der Waals surface area contributed by atoms with Crippen LogP contribution >= 0.6 is 0 Å². The zero-order chi connectivity index (χ0) is 14.4. The number of ether oxygens (including phenoxy) is 1. The van der Waals surface area contributed by atoms with Crippen LogP contribution in [0.5, 0.6) is 5.75 Å². The van der Waals surface area contributed by atoms with Gasteiger partial charge >= 0.3 is 0 Å². The summed E-state index contributed by atoms with van der Waals surface area (Å²) in [5, 5.41) is 10.2. The molecule has 0 bridgehead atoms. The van der Waals surface area contributed by atoms with Crippen molar-refractivity contribution < 1.29 is 9.84 Å². The molecule has 2 rings (SSSR count). The van der Waals surface area contributed by atoms with Crippen LogP contribution in [-0.2, 0) is 12.8 Å². The standard InChI is InChI=1S/C18H22O2/c1-14-7-9-15(10-8-14)11-12-17(19)13-16-5-3-4-6-18(16)20-2/h3-10,17,19H,11-13H2,1-2H3. The van der Waals surface area contributed by atoms with E-state index in [9.17, 15) is 5.11 Å². The van der Waals surface area contributed by atoms with Crippen LogP contribution in [0.3, 0.4) is 0 Å². The van der Waals surface area contributed by atoms with E-state index < -0.39 is 0 Å². The summed E-state index contributed by atoms with van der Waals surface area (Å²) >= 11 is 0. The second-order valence-corrected chi connectivity index (χ2v) is 5.19. The molecule has 106 valence electrons. The van der Waals surface area contributed by atoms with Crippen LogP contribution < -0.4 is 4.74 Å². The van der Waals surface area contributed by atoms with Crippen LogP contribution in [-0.4, -0.2) is 18.3 Å². The number of hydrogen-bond donors (Lipinski definition) is 1. The number of rotatable bonds is 6. The van der Waals surface area contributed by atoms with Crippen LogP contribution in [0.25, 0.3) is 0 Å². The lowest BCUT2D eigenvalue weighted by Gasteiger charge is -2.13. The number of para-hydroxylation sites is 1. The number of methoxy groups -OCH3 is 1. The van der Waals surface area contributed by atoms with Crippen molar-refractivity contribution in [3.8, 4) is 5.75 Å². The van der Waals surface area contributed by atoms with Crippen LogP contribution in [0.15, 0.2) is 48.5 Å². The van der Waals surface area contributed by atoms with Gasteiger partial charge < -0.3 is 9.84 Å². The summed E-state index contributed by atoms with van der Waals surface area (Å²) in [6, 6.07) is 16.3. The first kappa shape index (κ1) is 14.6. The molecule has 0 saturated carbocycles. The Labute approximate surface area is 121 Å². The molecule has 1 unspecified atom stereocenters. The molecule has 1 atom stereocenters. The van der Waals surface area contributed by atoms with Gasteiger partial charge in [-0.25, -0.2) is 0 Å². The fraction of sp³-hybridized carbons (Fsp3) is 0.333. The van der Waals surface area contributed by atoms with Crippen molar-refractivity contribution in [1.29, 1.82) is 0 Å². The van der Waals surface area contributed by atoms with Gasteiger partial charge in [-0.3, -0.25) is 0 Å².